The summed E-state index contributed by atoms with van der Waals surface area (Å²) in [7, 11) is 0. The normalized spacial score (nSPS) is 30.0. The molecule has 4 rings (SSSR count). The molecule has 3 aliphatic carbocycles. The van der Waals surface area contributed by atoms with Crippen LogP contribution < -0.4 is 0 Å². The van der Waals surface area contributed by atoms with Crippen molar-refractivity contribution in [3.05, 3.63) is 34.9 Å². The number of unbranched alkanes of at least 4 members (excludes halogenated alkanes) is 5. The highest BCUT2D eigenvalue weighted by atomic mass is 16.5. The van der Waals surface area contributed by atoms with Crippen LogP contribution in [-0.2, 0) is 24.0 Å². The van der Waals surface area contributed by atoms with Crippen LogP contribution in [0.15, 0.2) is 18.2 Å². The molecule has 5 atom stereocenters. The Balaban J connectivity index is 1.23. The third kappa shape index (κ3) is 6.62. The number of ether oxygens (including phenoxy) is 1. The molecule has 0 aromatic heterocycles. The van der Waals surface area contributed by atoms with Gasteiger partial charge in [-0.2, -0.15) is 0 Å². The first kappa shape index (κ1) is 24.3. The lowest BCUT2D eigenvalue weighted by atomic mass is 9.62. The van der Waals surface area contributed by atoms with Gasteiger partial charge in [0.25, 0.3) is 0 Å². The molecule has 1 aromatic rings. The highest BCUT2D eigenvalue weighted by Crippen LogP contribution is 2.47. The maximum absolute atomic E-state index is 6.26. The minimum Gasteiger partial charge on any atom is -0.378 e. The van der Waals surface area contributed by atoms with Crippen LogP contribution in [0.3, 0.4) is 0 Å². The molecule has 0 amide bonds. The molecule has 0 heterocycles. The first-order valence-electron chi connectivity index (χ1n) is 14.5. The average molecular weight is 439 g/mol. The lowest BCUT2D eigenvalue weighted by Crippen LogP contribution is -2.37. The molecule has 0 N–H and O–H groups in total. The van der Waals surface area contributed by atoms with Crippen LogP contribution in [0.5, 0.6) is 0 Å². The fourth-order valence-electron chi connectivity index (χ4n) is 7.21. The Kier molecular flexibility index (Phi) is 9.56. The Hall–Kier alpha value is -0.820. The van der Waals surface area contributed by atoms with E-state index in [9.17, 15) is 0 Å². The Bertz CT molecular complexity index is 679. The van der Waals surface area contributed by atoms with Crippen molar-refractivity contribution in [3.8, 4) is 0 Å². The SMILES string of the molecule is CCCCCCc1ccc2c(c1)CCC(C1CCC3C[C@H](OCCCCC)CC[C@@H]3C1)C2. The minimum absolute atomic E-state index is 0.572. The number of benzene rings is 1. The monoisotopic (exact) mass is 438 g/mol. The van der Waals surface area contributed by atoms with Gasteiger partial charge >= 0.3 is 0 Å². The summed E-state index contributed by atoms with van der Waals surface area (Å²) in [6.45, 7) is 5.58. The predicted molar refractivity (Wildman–Crippen MR) is 137 cm³/mol. The molecule has 0 spiro atoms. The lowest BCUT2D eigenvalue weighted by Gasteiger charge is -2.45. The van der Waals surface area contributed by atoms with Crippen LogP contribution in [0.1, 0.15) is 120 Å². The van der Waals surface area contributed by atoms with E-state index in [1.165, 1.54) is 109 Å². The van der Waals surface area contributed by atoms with E-state index >= 15 is 0 Å². The predicted octanol–water partition coefficient (Wildman–Crippen LogP) is 8.71. The van der Waals surface area contributed by atoms with Crippen molar-refractivity contribution in [1.29, 1.82) is 0 Å². The second-order valence-electron chi connectivity index (χ2n) is 11.5. The average Bonchev–Trinajstić information content (AvgIpc) is 2.84. The van der Waals surface area contributed by atoms with Gasteiger partial charge in [-0.25, -0.2) is 0 Å². The molecule has 2 saturated carbocycles. The van der Waals surface area contributed by atoms with E-state index in [0.29, 0.717) is 6.10 Å². The molecule has 0 aliphatic heterocycles. The number of hydrogen-bond donors (Lipinski definition) is 0. The summed E-state index contributed by atoms with van der Waals surface area (Å²) in [5.74, 6) is 3.89. The summed E-state index contributed by atoms with van der Waals surface area (Å²) in [5.41, 5.74) is 4.96. The highest BCUT2D eigenvalue weighted by Gasteiger charge is 2.38. The molecule has 2 fully saturated rings. The van der Waals surface area contributed by atoms with Gasteiger partial charge in [-0.05, 0) is 117 Å². The second-order valence-corrected chi connectivity index (χ2v) is 11.5. The summed E-state index contributed by atoms with van der Waals surface area (Å²) in [6.07, 6.45) is 24.0. The van der Waals surface area contributed by atoms with Crippen LogP contribution in [0.4, 0.5) is 0 Å². The highest BCUT2D eigenvalue weighted by molar-refractivity contribution is 5.34. The van der Waals surface area contributed by atoms with Crippen molar-refractivity contribution < 1.29 is 4.74 Å². The molecule has 1 aromatic carbocycles. The van der Waals surface area contributed by atoms with Crippen molar-refractivity contribution in [3.63, 3.8) is 0 Å². The van der Waals surface area contributed by atoms with Gasteiger partial charge in [0.2, 0.25) is 0 Å². The van der Waals surface area contributed by atoms with E-state index in [4.69, 9.17) is 4.74 Å². The van der Waals surface area contributed by atoms with Crippen LogP contribution in [0.2, 0.25) is 0 Å². The molecule has 180 valence electrons. The van der Waals surface area contributed by atoms with Crippen molar-refractivity contribution >= 4 is 0 Å². The van der Waals surface area contributed by atoms with Crippen LogP contribution in [0, 0.1) is 23.7 Å². The molecule has 0 radical (unpaired) electrons. The largest absolute Gasteiger partial charge is 0.378 e. The van der Waals surface area contributed by atoms with E-state index in [2.05, 4.69) is 32.0 Å². The summed E-state index contributed by atoms with van der Waals surface area (Å²) >= 11 is 0. The van der Waals surface area contributed by atoms with Crippen molar-refractivity contribution in [2.24, 2.45) is 23.7 Å². The zero-order valence-electron chi connectivity index (χ0n) is 21.3. The van der Waals surface area contributed by atoms with Crippen molar-refractivity contribution in [2.45, 2.75) is 129 Å². The molecule has 0 saturated heterocycles. The van der Waals surface area contributed by atoms with Crippen molar-refractivity contribution in [2.75, 3.05) is 6.61 Å². The number of fused-ring (bicyclic) bond motifs is 2. The number of hydrogen-bond acceptors (Lipinski definition) is 1. The van der Waals surface area contributed by atoms with Gasteiger partial charge in [0, 0.05) is 6.61 Å². The number of rotatable bonds is 11. The Morgan fingerprint density at radius 2 is 1.47 bits per heavy atom. The smallest absolute Gasteiger partial charge is 0.0578 e. The summed E-state index contributed by atoms with van der Waals surface area (Å²) in [6, 6.07) is 7.52. The summed E-state index contributed by atoms with van der Waals surface area (Å²) < 4.78 is 6.26. The van der Waals surface area contributed by atoms with E-state index in [1.807, 2.05) is 0 Å². The molecule has 32 heavy (non-hydrogen) atoms. The van der Waals surface area contributed by atoms with E-state index in [0.717, 1.165) is 30.3 Å². The van der Waals surface area contributed by atoms with Crippen LogP contribution in [-0.4, -0.2) is 12.7 Å². The Labute approximate surface area is 199 Å². The lowest BCUT2D eigenvalue weighted by molar-refractivity contribution is -0.0249. The van der Waals surface area contributed by atoms with Crippen LogP contribution >= 0.6 is 0 Å². The van der Waals surface area contributed by atoms with E-state index in [-0.39, 0.29) is 0 Å². The third-order valence-electron chi connectivity index (χ3n) is 9.23. The molecular formula is C31H50O. The summed E-state index contributed by atoms with van der Waals surface area (Å²) in [4.78, 5) is 0. The van der Waals surface area contributed by atoms with Gasteiger partial charge in [0.1, 0.15) is 0 Å². The first-order chi connectivity index (χ1) is 15.8. The quantitative estimate of drug-likeness (QED) is 0.314. The van der Waals surface area contributed by atoms with E-state index in [1.54, 1.807) is 16.7 Å². The fraction of sp³-hybridized carbons (Fsp3) is 0.806. The zero-order valence-corrected chi connectivity index (χ0v) is 21.3. The van der Waals surface area contributed by atoms with Gasteiger partial charge in [-0.1, -0.05) is 64.2 Å². The minimum atomic E-state index is 0.572. The fourth-order valence-corrected chi connectivity index (χ4v) is 7.21. The molecular weight excluding hydrogens is 388 g/mol. The summed E-state index contributed by atoms with van der Waals surface area (Å²) in [5, 5.41) is 0. The number of aryl methyl sites for hydroxylation is 2. The topological polar surface area (TPSA) is 9.23 Å². The second kappa shape index (κ2) is 12.6. The zero-order chi connectivity index (χ0) is 22.2. The van der Waals surface area contributed by atoms with Gasteiger partial charge in [0.05, 0.1) is 6.10 Å². The molecule has 0 bridgehead atoms. The first-order valence-corrected chi connectivity index (χ1v) is 14.5. The third-order valence-corrected chi connectivity index (χ3v) is 9.23. The molecule has 3 aliphatic rings. The van der Waals surface area contributed by atoms with Crippen molar-refractivity contribution in [1.82, 2.24) is 0 Å². The molecule has 3 unspecified atom stereocenters. The maximum Gasteiger partial charge on any atom is 0.0578 e. The molecule has 1 heteroatoms. The Morgan fingerprint density at radius 3 is 2.31 bits per heavy atom. The maximum atomic E-state index is 6.26. The molecule has 1 nitrogen and oxygen atoms in total. The Morgan fingerprint density at radius 1 is 0.719 bits per heavy atom. The van der Waals surface area contributed by atoms with Gasteiger partial charge < -0.3 is 4.74 Å². The standard InChI is InChI=1S/C31H50O/c1-3-5-7-8-10-24-11-12-26-21-27(14-13-25(26)20-24)28-15-16-30-23-31(18-17-29(30)22-28)32-19-9-6-4-2/h11-12,20,27-31H,3-10,13-19,21-23H2,1-2H3/t27?,28?,29-,30?,31-/m1/s1. The van der Waals surface area contributed by atoms with Gasteiger partial charge in [-0.15, -0.1) is 0 Å². The van der Waals surface area contributed by atoms with Gasteiger partial charge in [-0.3, -0.25) is 0 Å². The van der Waals surface area contributed by atoms with Crippen LogP contribution in [0.25, 0.3) is 0 Å². The van der Waals surface area contributed by atoms with E-state index < -0.39 is 0 Å². The van der Waals surface area contributed by atoms with Gasteiger partial charge in [0.15, 0.2) is 0 Å².